The SMILES string of the molecule is NC(CO)C(=O)NC1(c2ccc(F)c(F)c2F)CC1. The van der Waals surface area contributed by atoms with Crippen LogP contribution in [0.25, 0.3) is 0 Å². The molecule has 104 valence electrons. The molecule has 4 nitrogen and oxygen atoms in total. The topological polar surface area (TPSA) is 75.3 Å². The van der Waals surface area contributed by atoms with Crippen LogP contribution in [0.15, 0.2) is 12.1 Å². The summed E-state index contributed by atoms with van der Waals surface area (Å²) in [6, 6.07) is 0.781. The van der Waals surface area contributed by atoms with Gasteiger partial charge in [0, 0.05) is 5.56 Å². The molecule has 1 aromatic rings. The van der Waals surface area contributed by atoms with Gasteiger partial charge in [-0.1, -0.05) is 6.07 Å². The molecule has 1 fully saturated rings. The summed E-state index contributed by atoms with van der Waals surface area (Å²) in [5, 5.41) is 11.2. The van der Waals surface area contributed by atoms with Crippen molar-refractivity contribution in [3.63, 3.8) is 0 Å². The number of rotatable bonds is 4. The average Bonchev–Trinajstić information content (AvgIpc) is 3.15. The Morgan fingerprint density at radius 2 is 2.00 bits per heavy atom. The van der Waals surface area contributed by atoms with E-state index in [1.165, 1.54) is 0 Å². The largest absolute Gasteiger partial charge is 0.394 e. The smallest absolute Gasteiger partial charge is 0.239 e. The fourth-order valence-corrected chi connectivity index (χ4v) is 1.89. The molecule has 0 bridgehead atoms. The second-order valence-electron chi connectivity index (χ2n) is 4.58. The van der Waals surface area contributed by atoms with Crippen LogP contribution < -0.4 is 11.1 Å². The third-order valence-electron chi connectivity index (χ3n) is 3.20. The molecule has 0 spiro atoms. The quantitative estimate of drug-likeness (QED) is 0.701. The zero-order valence-corrected chi connectivity index (χ0v) is 9.92. The van der Waals surface area contributed by atoms with Gasteiger partial charge in [0.25, 0.3) is 0 Å². The van der Waals surface area contributed by atoms with Crippen molar-refractivity contribution in [3.05, 3.63) is 35.1 Å². The van der Waals surface area contributed by atoms with Gasteiger partial charge in [0.2, 0.25) is 5.91 Å². The van der Waals surface area contributed by atoms with Gasteiger partial charge >= 0.3 is 0 Å². The molecule has 0 aromatic heterocycles. The Balaban J connectivity index is 2.27. The van der Waals surface area contributed by atoms with Crippen molar-refractivity contribution in [2.75, 3.05) is 6.61 Å². The van der Waals surface area contributed by atoms with E-state index in [9.17, 15) is 18.0 Å². The highest BCUT2D eigenvalue weighted by Gasteiger charge is 2.48. The summed E-state index contributed by atoms with van der Waals surface area (Å²) in [5.74, 6) is -4.82. The molecule has 1 saturated carbocycles. The molecule has 2 rings (SSSR count). The number of carbonyl (C=O) groups excluding carboxylic acids is 1. The number of nitrogens with two attached hydrogens (primary N) is 1. The van der Waals surface area contributed by atoms with Gasteiger partial charge in [-0.2, -0.15) is 0 Å². The third-order valence-corrected chi connectivity index (χ3v) is 3.20. The zero-order chi connectivity index (χ0) is 14.2. The minimum atomic E-state index is -1.57. The number of amides is 1. The first-order valence-corrected chi connectivity index (χ1v) is 5.74. The van der Waals surface area contributed by atoms with Crippen molar-refractivity contribution in [3.8, 4) is 0 Å². The number of hydrogen-bond acceptors (Lipinski definition) is 3. The Morgan fingerprint density at radius 1 is 1.37 bits per heavy atom. The molecule has 0 saturated heterocycles. The molecule has 0 radical (unpaired) electrons. The van der Waals surface area contributed by atoms with E-state index in [4.69, 9.17) is 10.8 Å². The molecule has 0 aliphatic heterocycles. The maximum atomic E-state index is 13.7. The van der Waals surface area contributed by atoms with Gasteiger partial charge in [0.1, 0.15) is 6.04 Å². The van der Waals surface area contributed by atoms with Crippen molar-refractivity contribution < 1.29 is 23.1 Å². The van der Waals surface area contributed by atoms with Crippen molar-refractivity contribution in [1.29, 1.82) is 0 Å². The van der Waals surface area contributed by atoms with Gasteiger partial charge in [-0.05, 0) is 18.9 Å². The Labute approximate surface area is 107 Å². The Morgan fingerprint density at radius 3 is 2.53 bits per heavy atom. The van der Waals surface area contributed by atoms with E-state index in [0.29, 0.717) is 12.8 Å². The molecule has 0 heterocycles. The van der Waals surface area contributed by atoms with Crippen LogP contribution in [0.1, 0.15) is 18.4 Å². The molecule has 7 heteroatoms. The molecular formula is C12H13F3N2O2. The maximum Gasteiger partial charge on any atom is 0.239 e. The average molecular weight is 274 g/mol. The number of halogens is 3. The lowest BCUT2D eigenvalue weighted by Crippen LogP contribution is -2.47. The van der Waals surface area contributed by atoms with E-state index < -0.39 is 41.5 Å². The van der Waals surface area contributed by atoms with Gasteiger partial charge in [-0.3, -0.25) is 4.79 Å². The van der Waals surface area contributed by atoms with Gasteiger partial charge in [-0.25, -0.2) is 13.2 Å². The van der Waals surface area contributed by atoms with Crippen LogP contribution in [0.4, 0.5) is 13.2 Å². The normalized spacial score (nSPS) is 17.9. The van der Waals surface area contributed by atoms with Gasteiger partial charge in [0.15, 0.2) is 17.5 Å². The molecule has 4 N–H and O–H groups in total. The highest BCUT2D eigenvalue weighted by Crippen LogP contribution is 2.46. The molecule has 1 aliphatic carbocycles. The fourth-order valence-electron chi connectivity index (χ4n) is 1.89. The summed E-state index contributed by atoms with van der Waals surface area (Å²) in [7, 11) is 0. The monoisotopic (exact) mass is 274 g/mol. The second-order valence-corrected chi connectivity index (χ2v) is 4.58. The fraction of sp³-hybridized carbons (Fsp3) is 0.417. The summed E-state index contributed by atoms with van der Waals surface area (Å²) < 4.78 is 39.7. The zero-order valence-electron chi connectivity index (χ0n) is 9.92. The summed E-state index contributed by atoms with van der Waals surface area (Å²) in [5.41, 5.74) is 4.17. The highest BCUT2D eigenvalue weighted by atomic mass is 19.2. The summed E-state index contributed by atoms with van der Waals surface area (Å²) in [6.45, 7) is -0.553. The molecule has 1 unspecified atom stereocenters. The molecule has 19 heavy (non-hydrogen) atoms. The molecule has 1 amide bonds. The first kappa shape index (κ1) is 13.8. The summed E-state index contributed by atoms with van der Waals surface area (Å²) >= 11 is 0. The Kier molecular flexibility index (Phi) is 3.51. The molecular weight excluding hydrogens is 261 g/mol. The van der Waals surface area contributed by atoms with Crippen LogP contribution in [0, 0.1) is 17.5 Å². The van der Waals surface area contributed by atoms with Crippen LogP contribution in [-0.4, -0.2) is 23.7 Å². The lowest BCUT2D eigenvalue weighted by molar-refractivity contribution is -0.124. The van der Waals surface area contributed by atoms with Crippen LogP contribution in [0.5, 0.6) is 0 Å². The number of hydrogen-bond donors (Lipinski definition) is 3. The lowest BCUT2D eigenvalue weighted by atomic mass is 10.0. The predicted octanol–water partition coefficient (Wildman–Crippen LogP) is 0.529. The number of aliphatic hydroxyl groups is 1. The molecule has 1 atom stereocenters. The number of carbonyl (C=O) groups is 1. The molecule has 1 aromatic carbocycles. The van der Waals surface area contributed by atoms with E-state index >= 15 is 0 Å². The van der Waals surface area contributed by atoms with Gasteiger partial charge < -0.3 is 16.2 Å². The first-order valence-electron chi connectivity index (χ1n) is 5.74. The summed E-state index contributed by atoms with van der Waals surface area (Å²) in [4.78, 5) is 11.6. The van der Waals surface area contributed by atoms with Crippen molar-refractivity contribution in [2.24, 2.45) is 5.73 Å². The minimum absolute atomic E-state index is 0.107. The standard InChI is InChI=1S/C12H13F3N2O2/c13-7-2-1-6(9(14)10(7)15)12(3-4-12)17-11(19)8(16)5-18/h1-2,8,18H,3-5,16H2,(H,17,19). The second kappa shape index (κ2) is 4.82. The van der Waals surface area contributed by atoms with Crippen molar-refractivity contribution >= 4 is 5.91 Å². The molecule has 1 aliphatic rings. The van der Waals surface area contributed by atoms with Crippen molar-refractivity contribution in [2.45, 2.75) is 24.4 Å². The lowest BCUT2D eigenvalue weighted by Gasteiger charge is -2.20. The van der Waals surface area contributed by atoms with E-state index in [-0.39, 0.29) is 5.56 Å². The third kappa shape index (κ3) is 2.43. The highest BCUT2D eigenvalue weighted by molar-refractivity contribution is 5.83. The van der Waals surface area contributed by atoms with Gasteiger partial charge in [0.05, 0.1) is 12.1 Å². The predicted molar refractivity (Wildman–Crippen MR) is 60.4 cm³/mol. The number of nitrogens with one attached hydrogen (secondary N) is 1. The van der Waals surface area contributed by atoms with Gasteiger partial charge in [-0.15, -0.1) is 0 Å². The van der Waals surface area contributed by atoms with Crippen molar-refractivity contribution in [1.82, 2.24) is 5.32 Å². The first-order chi connectivity index (χ1) is 8.91. The van der Waals surface area contributed by atoms with E-state index in [2.05, 4.69) is 5.32 Å². The number of benzene rings is 1. The van der Waals surface area contributed by atoms with Crippen LogP contribution >= 0.6 is 0 Å². The summed E-state index contributed by atoms with van der Waals surface area (Å²) in [6.07, 6.45) is 0.803. The van der Waals surface area contributed by atoms with Crippen LogP contribution in [0.2, 0.25) is 0 Å². The minimum Gasteiger partial charge on any atom is -0.394 e. The van der Waals surface area contributed by atoms with E-state index in [1.54, 1.807) is 0 Å². The number of aliphatic hydroxyl groups excluding tert-OH is 1. The van der Waals surface area contributed by atoms with Crippen LogP contribution in [-0.2, 0) is 10.3 Å². The van der Waals surface area contributed by atoms with E-state index in [0.717, 1.165) is 12.1 Å². The van der Waals surface area contributed by atoms with Crippen LogP contribution in [0.3, 0.4) is 0 Å². The van der Waals surface area contributed by atoms with E-state index in [1.807, 2.05) is 0 Å². The maximum absolute atomic E-state index is 13.7. The Bertz CT molecular complexity index is 518. The Hall–Kier alpha value is -1.60.